The topological polar surface area (TPSA) is 65.1 Å². The lowest BCUT2D eigenvalue weighted by molar-refractivity contribution is 0.278. The molecule has 3 rings (SSSR count). The minimum Gasteiger partial charge on any atom is -0.491 e. The molecule has 0 radical (unpaired) electrons. The number of nitrogens with two attached hydrogens (primary N) is 1. The van der Waals surface area contributed by atoms with Gasteiger partial charge in [0.05, 0.1) is 18.2 Å². The van der Waals surface area contributed by atoms with E-state index in [1.165, 1.54) is 0 Å². The van der Waals surface area contributed by atoms with Gasteiger partial charge < -0.3 is 20.4 Å². The fraction of sp³-hybridized carbons (Fsp3) is 0.214. The van der Waals surface area contributed by atoms with Gasteiger partial charge in [0, 0.05) is 18.1 Å². The molecule has 0 aliphatic carbocycles. The Morgan fingerprint density at radius 1 is 1.37 bits per heavy atom. The van der Waals surface area contributed by atoms with Crippen LogP contribution in [-0.2, 0) is 0 Å². The van der Waals surface area contributed by atoms with Crippen molar-refractivity contribution in [3.8, 4) is 11.4 Å². The van der Waals surface area contributed by atoms with Gasteiger partial charge in [-0.05, 0) is 36.8 Å². The number of aromatic nitrogens is 2. The summed E-state index contributed by atoms with van der Waals surface area (Å²) in [5.74, 6) is 1.60. The molecule has 1 atom stereocenters. The van der Waals surface area contributed by atoms with Crippen LogP contribution >= 0.6 is 0 Å². The van der Waals surface area contributed by atoms with Gasteiger partial charge in [-0.25, -0.2) is 4.98 Å². The molecular formula is C14H16N4O. The number of rotatable bonds is 4. The first-order valence-electron chi connectivity index (χ1n) is 6.24. The van der Waals surface area contributed by atoms with Gasteiger partial charge in [0.25, 0.3) is 0 Å². The molecule has 0 saturated heterocycles. The summed E-state index contributed by atoms with van der Waals surface area (Å²) in [6.07, 6.45) is 8.34. The van der Waals surface area contributed by atoms with Crippen molar-refractivity contribution in [2.24, 2.45) is 5.73 Å². The number of hydrogen-bond donors (Lipinski definition) is 2. The standard InChI is InChI=1S/C14H16N4O/c15-14-6-1-11(17-14)9-19-13-4-2-12(3-5-13)18-8-7-16-10-18/h2-8,10-11,17H,1,9,15H2. The third kappa shape index (κ3) is 2.70. The molecule has 5 nitrogen and oxygen atoms in total. The minimum absolute atomic E-state index is 0.272. The summed E-state index contributed by atoms with van der Waals surface area (Å²) in [6, 6.07) is 8.20. The lowest BCUT2D eigenvalue weighted by Crippen LogP contribution is -2.31. The van der Waals surface area contributed by atoms with E-state index >= 15 is 0 Å². The number of nitrogens with zero attached hydrogens (tertiary/aromatic N) is 2. The van der Waals surface area contributed by atoms with Crippen LogP contribution in [0, 0.1) is 0 Å². The maximum atomic E-state index is 5.73. The summed E-state index contributed by atoms with van der Waals surface area (Å²) in [4.78, 5) is 4.02. The van der Waals surface area contributed by atoms with Crippen molar-refractivity contribution in [2.75, 3.05) is 6.61 Å². The summed E-state index contributed by atoms with van der Waals surface area (Å²) in [6.45, 7) is 0.613. The maximum absolute atomic E-state index is 5.73. The van der Waals surface area contributed by atoms with Crippen LogP contribution < -0.4 is 15.8 Å². The lowest BCUT2D eigenvalue weighted by atomic mass is 10.2. The van der Waals surface area contributed by atoms with Crippen molar-refractivity contribution in [1.82, 2.24) is 14.9 Å². The molecule has 2 aromatic rings. The predicted molar refractivity (Wildman–Crippen MR) is 72.9 cm³/mol. The van der Waals surface area contributed by atoms with E-state index in [0.29, 0.717) is 6.61 Å². The molecule has 1 aromatic carbocycles. The Kier molecular flexibility index (Phi) is 3.10. The van der Waals surface area contributed by atoms with Gasteiger partial charge in [0.1, 0.15) is 12.4 Å². The van der Waals surface area contributed by atoms with Crippen molar-refractivity contribution in [1.29, 1.82) is 0 Å². The van der Waals surface area contributed by atoms with Crippen molar-refractivity contribution < 1.29 is 4.74 Å². The number of nitrogens with one attached hydrogen (secondary N) is 1. The smallest absolute Gasteiger partial charge is 0.119 e. The van der Waals surface area contributed by atoms with E-state index < -0.39 is 0 Å². The summed E-state index contributed by atoms with van der Waals surface area (Å²) >= 11 is 0. The number of benzene rings is 1. The highest BCUT2D eigenvalue weighted by molar-refractivity contribution is 5.37. The highest BCUT2D eigenvalue weighted by atomic mass is 16.5. The highest BCUT2D eigenvalue weighted by Crippen LogP contribution is 2.16. The predicted octanol–water partition coefficient (Wildman–Crippen LogP) is 1.41. The molecule has 1 unspecified atom stereocenters. The van der Waals surface area contributed by atoms with E-state index in [-0.39, 0.29) is 6.04 Å². The second kappa shape index (κ2) is 5.06. The Labute approximate surface area is 111 Å². The molecule has 0 fully saturated rings. The molecule has 19 heavy (non-hydrogen) atoms. The third-order valence-corrected chi connectivity index (χ3v) is 3.08. The van der Waals surface area contributed by atoms with Crippen LogP contribution in [-0.4, -0.2) is 22.2 Å². The van der Waals surface area contributed by atoms with E-state index in [1.54, 1.807) is 12.5 Å². The van der Waals surface area contributed by atoms with E-state index in [0.717, 1.165) is 23.7 Å². The Hall–Kier alpha value is -2.43. The molecule has 2 heterocycles. The van der Waals surface area contributed by atoms with E-state index in [4.69, 9.17) is 10.5 Å². The molecule has 3 N–H and O–H groups in total. The quantitative estimate of drug-likeness (QED) is 0.868. The fourth-order valence-corrected chi connectivity index (χ4v) is 2.06. The van der Waals surface area contributed by atoms with Crippen molar-refractivity contribution in [3.05, 3.63) is 54.9 Å². The number of imidazole rings is 1. The normalized spacial score (nSPS) is 17.9. The average Bonchev–Trinajstić information content (AvgIpc) is 3.08. The van der Waals surface area contributed by atoms with E-state index in [2.05, 4.69) is 10.3 Å². The fourth-order valence-electron chi connectivity index (χ4n) is 2.06. The first kappa shape index (κ1) is 11.6. The van der Waals surface area contributed by atoms with Gasteiger partial charge >= 0.3 is 0 Å². The monoisotopic (exact) mass is 256 g/mol. The molecule has 0 saturated carbocycles. The Bertz CT molecular complexity index is 560. The Balaban J connectivity index is 1.58. The van der Waals surface area contributed by atoms with E-state index in [1.807, 2.05) is 41.1 Å². The van der Waals surface area contributed by atoms with Gasteiger partial charge in [-0.2, -0.15) is 0 Å². The molecule has 1 aromatic heterocycles. The second-order valence-corrected chi connectivity index (χ2v) is 4.51. The highest BCUT2D eigenvalue weighted by Gasteiger charge is 2.14. The van der Waals surface area contributed by atoms with Crippen molar-refractivity contribution in [2.45, 2.75) is 12.5 Å². The van der Waals surface area contributed by atoms with Gasteiger partial charge in [-0.1, -0.05) is 0 Å². The van der Waals surface area contributed by atoms with Crippen LogP contribution in [0.3, 0.4) is 0 Å². The second-order valence-electron chi connectivity index (χ2n) is 4.51. The molecule has 0 amide bonds. The SMILES string of the molecule is NC1=CCC(COc2ccc(-n3ccnc3)cc2)N1. The Morgan fingerprint density at radius 2 is 2.21 bits per heavy atom. The van der Waals surface area contributed by atoms with Crippen LogP contribution in [0.1, 0.15) is 6.42 Å². The van der Waals surface area contributed by atoms with Crippen molar-refractivity contribution in [3.63, 3.8) is 0 Å². The van der Waals surface area contributed by atoms with Crippen LogP contribution in [0.2, 0.25) is 0 Å². The lowest BCUT2D eigenvalue weighted by Gasteiger charge is -2.14. The van der Waals surface area contributed by atoms with Gasteiger partial charge in [0.2, 0.25) is 0 Å². The summed E-state index contributed by atoms with van der Waals surface area (Å²) in [5.41, 5.74) is 6.72. The van der Waals surface area contributed by atoms with Crippen LogP contribution in [0.5, 0.6) is 5.75 Å². The molecule has 1 aliphatic rings. The van der Waals surface area contributed by atoms with Gasteiger partial charge in [-0.15, -0.1) is 0 Å². The first-order valence-corrected chi connectivity index (χ1v) is 6.24. The largest absolute Gasteiger partial charge is 0.491 e. The van der Waals surface area contributed by atoms with Crippen molar-refractivity contribution >= 4 is 0 Å². The molecular weight excluding hydrogens is 240 g/mol. The van der Waals surface area contributed by atoms with Crippen LogP contribution in [0.25, 0.3) is 5.69 Å². The summed E-state index contributed by atoms with van der Waals surface area (Å²) in [5, 5.41) is 3.16. The maximum Gasteiger partial charge on any atom is 0.119 e. The molecule has 0 spiro atoms. The third-order valence-electron chi connectivity index (χ3n) is 3.08. The zero-order chi connectivity index (χ0) is 13.1. The van der Waals surface area contributed by atoms with Gasteiger partial charge in [0.15, 0.2) is 0 Å². The number of hydrogen-bond acceptors (Lipinski definition) is 4. The zero-order valence-corrected chi connectivity index (χ0v) is 10.5. The molecule has 1 aliphatic heterocycles. The molecule has 5 heteroatoms. The first-order chi connectivity index (χ1) is 9.31. The number of ether oxygens (including phenoxy) is 1. The molecule has 0 bridgehead atoms. The summed E-state index contributed by atoms with van der Waals surface area (Å²) in [7, 11) is 0. The minimum atomic E-state index is 0.272. The average molecular weight is 256 g/mol. The summed E-state index contributed by atoms with van der Waals surface area (Å²) < 4.78 is 7.69. The zero-order valence-electron chi connectivity index (χ0n) is 10.5. The van der Waals surface area contributed by atoms with Gasteiger partial charge in [-0.3, -0.25) is 0 Å². The van der Waals surface area contributed by atoms with E-state index in [9.17, 15) is 0 Å². The van der Waals surface area contributed by atoms with Crippen LogP contribution in [0.15, 0.2) is 54.9 Å². The molecule has 98 valence electrons. The van der Waals surface area contributed by atoms with Crippen LogP contribution in [0.4, 0.5) is 0 Å². The Morgan fingerprint density at radius 3 is 2.84 bits per heavy atom.